The first kappa shape index (κ1) is 15.0. The fraction of sp³-hybridized carbons (Fsp3) is 0.905. The maximum absolute atomic E-state index is 6.00. The fourth-order valence-electron chi connectivity index (χ4n) is 7.37. The molecule has 4 fully saturated rings. The highest BCUT2D eigenvalue weighted by Gasteiger charge is 2.57. The molecule has 5 atom stereocenters. The van der Waals surface area contributed by atoms with Crippen molar-refractivity contribution in [3.63, 3.8) is 0 Å². The largest absolute Gasteiger partial charge is 0.344 e. The average Bonchev–Trinajstić information content (AvgIpc) is 3.15. The molecule has 0 amide bonds. The van der Waals surface area contributed by atoms with Crippen LogP contribution in [0, 0.1) is 28.6 Å². The van der Waals surface area contributed by atoms with E-state index in [1.165, 1.54) is 51.4 Å². The lowest BCUT2D eigenvalue weighted by atomic mass is 9.47. The summed E-state index contributed by atoms with van der Waals surface area (Å²) in [5.41, 5.74) is 2.77. The lowest BCUT2D eigenvalue weighted by Crippen LogP contribution is -2.51. The molecule has 128 valence electrons. The van der Waals surface area contributed by atoms with Crippen LogP contribution in [0.5, 0.6) is 0 Å². The molecule has 0 N–H and O–H groups in total. The second-order valence-electron chi connectivity index (χ2n) is 9.60. The van der Waals surface area contributed by atoms with Crippen LogP contribution in [0.15, 0.2) is 11.6 Å². The summed E-state index contributed by atoms with van der Waals surface area (Å²) in [5, 5.41) is 0. The highest BCUT2D eigenvalue weighted by atomic mass is 16.7. The lowest BCUT2D eigenvalue weighted by molar-refractivity contribution is -0.143. The van der Waals surface area contributed by atoms with Gasteiger partial charge in [-0.3, -0.25) is 0 Å². The summed E-state index contributed by atoms with van der Waals surface area (Å²) in [6.45, 7) is 6.72. The Morgan fingerprint density at radius 1 is 0.913 bits per heavy atom. The smallest absolute Gasteiger partial charge is 0.188 e. The van der Waals surface area contributed by atoms with Crippen LogP contribution >= 0.6 is 0 Å². The molecule has 1 saturated heterocycles. The maximum Gasteiger partial charge on any atom is 0.188 e. The van der Waals surface area contributed by atoms with E-state index in [2.05, 4.69) is 19.9 Å². The molecule has 0 radical (unpaired) electrons. The molecule has 4 aliphatic carbocycles. The fourth-order valence-corrected chi connectivity index (χ4v) is 7.37. The summed E-state index contributed by atoms with van der Waals surface area (Å²) < 4.78 is 12.0. The van der Waals surface area contributed by atoms with Gasteiger partial charge in [0.05, 0.1) is 13.2 Å². The molecule has 1 spiro atoms. The summed E-state index contributed by atoms with van der Waals surface area (Å²) in [4.78, 5) is 0. The van der Waals surface area contributed by atoms with Gasteiger partial charge >= 0.3 is 0 Å². The van der Waals surface area contributed by atoms with Crippen LogP contribution in [0.2, 0.25) is 0 Å². The van der Waals surface area contributed by atoms with Crippen molar-refractivity contribution >= 4 is 0 Å². The minimum atomic E-state index is -0.349. The molecule has 3 saturated carbocycles. The molecule has 3 unspecified atom stereocenters. The normalized spacial score (nSPS) is 51.0. The topological polar surface area (TPSA) is 18.5 Å². The van der Waals surface area contributed by atoms with Crippen LogP contribution < -0.4 is 0 Å². The molecule has 5 aliphatic rings. The molecule has 0 aromatic rings. The van der Waals surface area contributed by atoms with Crippen molar-refractivity contribution in [3.05, 3.63) is 11.6 Å². The van der Waals surface area contributed by atoms with Gasteiger partial charge in [0, 0.05) is 6.42 Å². The molecule has 0 bridgehead atoms. The second-order valence-corrected chi connectivity index (χ2v) is 9.60. The Balaban J connectivity index is 1.48. The van der Waals surface area contributed by atoms with Gasteiger partial charge in [0.15, 0.2) is 5.79 Å². The van der Waals surface area contributed by atoms with Crippen molar-refractivity contribution in [2.75, 3.05) is 13.2 Å². The van der Waals surface area contributed by atoms with E-state index in [9.17, 15) is 0 Å². The van der Waals surface area contributed by atoms with Crippen molar-refractivity contribution in [1.29, 1.82) is 0 Å². The highest BCUT2D eigenvalue weighted by Crippen LogP contribution is 2.66. The van der Waals surface area contributed by atoms with Crippen LogP contribution in [0.1, 0.15) is 71.6 Å². The SMILES string of the molecule is C[C@]12CCCC1C1CCC3=CC4(CC[C@@]3(C)C1CC2)OCCO4. The van der Waals surface area contributed by atoms with Crippen molar-refractivity contribution in [2.45, 2.75) is 77.4 Å². The average molecular weight is 316 g/mol. The number of rotatable bonds is 0. The van der Waals surface area contributed by atoms with Gasteiger partial charge in [-0.1, -0.05) is 25.8 Å². The number of fused-ring (bicyclic) bond motifs is 5. The van der Waals surface area contributed by atoms with Gasteiger partial charge in [0.25, 0.3) is 0 Å². The van der Waals surface area contributed by atoms with Gasteiger partial charge < -0.3 is 9.47 Å². The minimum Gasteiger partial charge on any atom is -0.344 e. The third-order valence-corrected chi connectivity index (χ3v) is 8.68. The van der Waals surface area contributed by atoms with Crippen LogP contribution in [0.4, 0.5) is 0 Å². The van der Waals surface area contributed by atoms with Crippen LogP contribution in [0.3, 0.4) is 0 Å². The standard InChI is InChI=1S/C21H32O2/c1-19-8-3-4-17(19)16-6-5-15-14-21(22-12-13-23-21)11-10-20(15,2)18(16)7-9-19/h14,16-18H,3-13H2,1-2H3/t16?,17?,18?,19-,20-/m1/s1. The number of hydrogen-bond acceptors (Lipinski definition) is 2. The van der Waals surface area contributed by atoms with Gasteiger partial charge in [0.1, 0.15) is 0 Å². The van der Waals surface area contributed by atoms with Crippen LogP contribution in [-0.4, -0.2) is 19.0 Å². The van der Waals surface area contributed by atoms with Gasteiger partial charge in [0.2, 0.25) is 0 Å². The molecule has 1 heterocycles. The van der Waals surface area contributed by atoms with Gasteiger partial charge in [-0.25, -0.2) is 0 Å². The van der Waals surface area contributed by atoms with Crippen LogP contribution in [-0.2, 0) is 9.47 Å². The summed E-state index contributed by atoms with van der Waals surface area (Å²) in [7, 11) is 0. The number of ether oxygens (including phenoxy) is 2. The van der Waals surface area contributed by atoms with Crippen LogP contribution in [0.25, 0.3) is 0 Å². The highest BCUT2D eigenvalue weighted by molar-refractivity contribution is 5.27. The first-order valence-corrected chi connectivity index (χ1v) is 10.0. The van der Waals surface area contributed by atoms with E-state index in [-0.39, 0.29) is 5.79 Å². The van der Waals surface area contributed by atoms with E-state index in [0.29, 0.717) is 10.8 Å². The Morgan fingerprint density at radius 3 is 2.57 bits per heavy atom. The third kappa shape index (κ3) is 2.00. The molecule has 1 aliphatic heterocycles. The molecule has 0 aromatic carbocycles. The molecule has 2 nitrogen and oxygen atoms in total. The molecule has 2 heteroatoms. The predicted molar refractivity (Wildman–Crippen MR) is 91.0 cm³/mol. The zero-order valence-electron chi connectivity index (χ0n) is 14.9. The lowest BCUT2D eigenvalue weighted by Gasteiger charge is -2.58. The summed E-state index contributed by atoms with van der Waals surface area (Å²) in [6, 6.07) is 0. The molecule has 23 heavy (non-hydrogen) atoms. The summed E-state index contributed by atoms with van der Waals surface area (Å²) in [6.07, 6.45) is 14.9. The van der Waals surface area contributed by atoms with Gasteiger partial charge in [-0.2, -0.15) is 0 Å². The van der Waals surface area contributed by atoms with Gasteiger partial charge in [-0.05, 0) is 79.6 Å². The summed E-state index contributed by atoms with van der Waals surface area (Å²) >= 11 is 0. The molecular formula is C21H32O2. The monoisotopic (exact) mass is 316 g/mol. The Labute approximate surface area is 141 Å². The van der Waals surface area contributed by atoms with E-state index >= 15 is 0 Å². The quantitative estimate of drug-likeness (QED) is 0.580. The first-order valence-electron chi connectivity index (χ1n) is 10.0. The maximum atomic E-state index is 6.00. The molecule has 0 aromatic heterocycles. The zero-order chi connectivity index (χ0) is 15.7. The Kier molecular flexibility index (Phi) is 3.15. The van der Waals surface area contributed by atoms with Gasteiger partial charge in [-0.15, -0.1) is 0 Å². The number of hydrogen-bond donors (Lipinski definition) is 0. The Morgan fingerprint density at radius 2 is 1.74 bits per heavy atom. The van der Waals surface area contributed by atoms with Crippen molar-refractivity contribution in [2.24, 2.45) is 28.6 Å². The predicted octanol–water partition coefficient (Wildman–Crippen LogP) is 5.08. The van der Waals surface area contributed by atoms with Crippen molar-refractivity contribution in [1.82, 2.24) is 0 Å². The minimum absolute atomic E-state index is 0.349. The zero-order valence-corrected chi connectivity index (χ0v) is 14.9. The second kappa shape index (κ2) is 4.85. The Hall–Kier alpha value is -0.340. The first-order chi connectivity index (χ1) is 11.0. The third-order valence-electron chi connectivity index (χ3n) is 8.68. The van der Waals surface area contributed by atoms with Crippen molar-refractivity contribution < 1.29 is 9.47 Å². The molecular weight excluding hydrogens is 284 g/mol. The van der Waals surface area contributed by atoms with E-state index in [0.717, 1.165) is 37.4 Å². The van der Waals surface area contributed by atoms with Crippen molar-refractivity contribution in [3.8, 4) is 0 Å². The molecule has 5 rings (SSSR count). The van der Waals surface area contributed by atoms with E-state index in [4.69, 9.17) is 9.47 Å². The Bertz CT molecular complexity index is 532. The van der Waals surface area contributed by atoms with E-state index < -0.39 is 0 Å². The van der Waals surface area contributed by atoms with E-state index in [1.807, 2.05) is 0 Å². The summed E-state index contributed by atoms with van der Waals surface area (Å²) in [5.74, 6) is 2.56. The van der Waals surface area contributed by atoms with E-state index in [1.54, 1.807) is 5.57 Å². The number of allylic oxidation sites excluding steroid dienone is 1.